The molecular weight excluding hydrogens is 428 g/mol. The molecule has 0 unspecified atom stereocenters. The fourth-order valence-corrected chi connectivity index (χ4v) is 2.68. The van der Waals surface area contributed by atoms with Gasteiger partial charge in [0.15, 0.2) is 0 Å². The number of carboxylic acid groups (broad SMARTS) is 1. The number of esters is 3. The van der Waals surface area contributed by atoms with Crippen LogP contribution in [-0.2, 0) is 4.74 Å². The van der Waals surface area contributed by atoms with E-state index in [1.807, 2.05) is 0 Å². The Morgan fingerprint density at radius 1 is 0.576 bits per heavy atom. The third-order valence-corrected chi connectivity index (χ3v) is 4.31. The monoisotopic (exact) mass is 448 g/mol. The number of aromatic carboxylic acids is 1. The number of carbonyl (C=O) groups is 4. The molecule has 0 atom stereocenters. The summed E-state index contributed by atoms with van der Waals surface area (Å²) in [6, 6.07) is 17.0. The van der Waals surface area contributed by atoms with Crippen LogP contribution in [0.15, 0.2) is 72.8 Å². The summed E-state index contributed by atoms with van der Waals surface area (Å²) in [4.78, 5) is 47.4. The lowest BCUT2D eigenvalue weighted by atomic mass is 10.1. The molecule has 0 saturated heterocycles. The van der Waals surface area contributed by atoms with Gasteiger partial charge in [0, 0.05) is 0 Å². The van der Waals surface area contributed by atoms with Crippen molar-refractivity contribution < 1.29 is 38.5 Å². The fraction of sp³-hybridized carbons (Fsp3) is 0.120. The molecule has 0 spiro atoms. The van der Waals surface area contributed by atoms with E-state index in [4.69, 9.17) is 19.3 Å². The molecule has 0 heterocycles. The lowest BCUT2D eigenvalue weighted by Crippen LogP contribution is -2.12. The fourth-order valence-electron chi connectivity index (χ4n) is 2.68. The van der Waals surface area contributed by atoms with Gasteiger partial charge in [-0.2, -0.15) is 0 Å². The van der Waals surface area contributed by atoms with Crippen LogP contribution >= 0.6 is 0 Å². The van der Waals surface area contributed by atoms with Crippen molar-refractivity contribution in [3.05, 3.63) is 95.1 Å². The van der Waals surface area contributed by atoms with E-state index >= 15 is 0 Å². The molecule has 0 amide bonds. The second kappa shape index (κ2) is 10.2. The van der Waals surface area contributed by atoms with Gasteiger partial charge in [0.05, 0.1) is 28.4 Å². The Labute approximate surface area is 189 Å². The van der Waals surface area contributed by atoms with Gasteiger partial charge in [0.1, 0.15) is 11.5 Å². The van der Waals surface area contributed by atoms with E-state index in [9.17, 15) is 19.2 Å². The summed E-state index contributed by atoms with van der Waals surface area (Å²) in [7, 11) is 0. The van der Waals surface area contributed by atoms with Crippen LogP contribution in [0.25, 0.3) is 0 Å². The number of hydrogen-bond acceptors (Lipinski definition) is 7. The van der Waals surface area contributed by atoms with Crippen molar-refractivity contribution in [2.45, 2.75) is 20.0 Å². The lowest BCUT2D eigenvalue weighted by molar-refractivity contribution is 0.0377. The number of rotatable bonds is 7. The summed E-state index contributed by atoms with van der Waals surface area (Å²) in [5, 5.41) is 8.90. The largest absolute Gasteiger partial charge is 0.478 e. The van der Waals surface area contributed by atoms with Gasteiger partial charge in [-0.15, -0.1) is 0 Å². The number of benzene rings is 3. The number of ether oxygens (including phenoxy) is 3. The molecule has 0 aromatic heterocycles. The van der Waals surface area contributed by atoms with Crippen molar-refractivity contribution in [1.82, 2.24) is 0 Å². The van der Waals surface area contributed by atoms with Gasteiger partial charge in [-0.05, 0) is 86.6 Å². The van der Waals surface area contributed by atoms with E-state index in [0.29, 0.717) is 5.56 Å². The molecule has 33 heavy (non-hydrogen) atoms. The van der Waals surface area contributed by atoms with Gasteiger partial charge < -0.3 is 19.3 Å². The molecule has 0 radical (unpaired) electrons. The Hall–Kier alpha value is -4.46. The van der Waals surface area contributed by atoms with Gasteiger partial charge in [0.25, 0.3) is 0 Å². The average molecular weight is 448 g/mol. The molecule has 0 aliphatic heterocycles. The van der Waals surface area contributed by atoms with Crippen molar-refractivity contribution in [3.63, 3.8) is 0 Å². The molecule has 3 aromatic rings. The third-order valence-electron chi connectivity index (χ3n) is 4.31. The van der Waals surface area contributed by atoms with Crippen LogP contribution in [0.4, 0.5) is 0 Å². The molecule has 168 valence electrons. The second-order valence-electron chi connectivity index (χ2n) is 7.16. The highest BCUT2D eigenvalue weighted by Crippen LogP contribution is 2.17. The number of carbonyl (C=O) groups excluding carboxylic acids is 3. The van der Waals surface area contributed by atoms with Crippen LogP contribution in [0.1, 0.15) is 55.3 Å². The van der Waals surface area contributed by atoms with E-state index in [-0.39, 0.29) is 34.3 Å². The van der Waals surface area contributed by atoms with E-state index in [2.05, 4.69) is 0 Å². The Bertz CT molecular complexity index is 1160. The van der Waals surface area contributed by atoms with Crippen LogP contribution in [0.2, 0.25) is 0 Å². The van der Waals surface area contributed by atoms with Crippen LogP contribution in [0.3, 0.4) is 0 Å². The van der Waals surface area contributed by atoms with Gasteiger partial charge in [-0.25, -0.2) is 19.2 Å². The summed E-state index contributed by atoms with van der Waals surface area (Å²) in [6.45, 7) is 3.50. The zero-order valence-electron chi connectivity index (χ0n) is 17.8. The molecule has 0 aliphatic rings. The van der Waals surface area contributed by atoms with Crippen molar-refractivity contribution in [2.75, 3.05) is 0 Å². The number of hydrogen-bond donors (Lipinski definition) is 1. The zero-order chi connectivity index (χ0) is 24.0. The quantitative estimate of drug-likeness (QED) is 0.418. The highest BCUT2D eigenvalue weighted by molar-refractivity contribution is 5.95. The molecular formula is C25H20O8. The highest BCUT2D eigenvalue weighted by atomic mass is 16.5. The van der Waals surface area contributed by atoms with E-state index in [1.165, 1.54) is 72.8 Å². The molecule has 3 aromatic carbocycles. The molecule has 0 bridgehead atoms. The first-order valence-corrected chi connectivity index (χ1v) is 9.92. The summed E-state index contributed by atoms with van der Waals surface area (Å²) < 4.78 is 15.6. The average Bonchev–Trinajstić information content (AvgIpc) is 2.79. The van der Waals surface area contributed by atoms with Crippen molar-refractivity contribution in [2.24, 2.45) is 0 Å². The molecule has 0 saturated carbocycles. The molecule has 0 aliphatic carbocycles. The predicted molar refractivity (Wildman–Crippen MR) is 117 cm³/mol. The molecule has 0 fully saturated rings. The molecule has 8 heteroatoms. The Balaban J connectivity index is 1.59. The van der Waals surface area contributed by atoms with Gasteiger partial charge in [0.2, 0.25) is 0 Å². The Morgan fingerprint density at radius 2 is 0.909 bits per heavy atom. The van der Waals surface area contributed by atoms with Gasteiger partial charge in [-0.1, -0.05) is 0 Å². The second-order valence-corrected chi connectivity index (χ2v) is 7.16. The first-order chi connectivity index (χ1) is 15.7. The maximum atomic E-state index is 12.4. The summed E-state index contributed by atoms with van der Waals surface area (Å²) >= 11 is 0. The summed E-state index contributed by atoms with van der Waals surface area (Å²) in [6.07, 6.45) is -0.243. The van der Waals surface area contributed by atoms with Gasteiger partial charge in [-0.3, -0.25) is 0 Å². The van der Waals surface area contributed by atoms with Gasteiger partial charge >= 0.3 is 23.9 Å². The minimum absolute atomic E-state index is 0.0720. The molecule has 8 nitrogen and oxygen atoms in total. The predicted octanol–water partition coefficient (Wildman–Crippen LogP) is 4.39. The number of carboxylic acids is 1. The molecule has 3 rings (SSSR count). The van der Waals surface area contributed by atoms with Crippen LogP contribution < -0.4 is 9.47 Å². The SMILES string of the molecule is CC(C)OC(=O)c1ccc(OC(=O)c2ccc(C(=O)Oc3ccc(C(=O)O)cc3)cc2)cc1. The smallest absolute Gasteiger partial charge is 0.343 e. The van der Waals surface area contributed by atoms with Crippen molar-refractivity contribution in [1.29, 1.82) is 0 Å². The van der Waals surface area contributed by atoms with Crippen molar-refractivity contribution in [3.8, 4) is 11.5 Å². The first kappa shape index (κ1) is 23.2. The van der Waals surface area contributed by atoms with E-state index < -0.39 is 23.9 Å². The normalized spacial score (nSPS) is 10.4. The van der Waals surface area contributed by atoms with E-state index in [0.717, 1.165) is 0 Å². The summed E-state index contributed by atoms with van der Waals surface area (Å²) in [5.41, 5.74) is 0.814. The maximum absolute atomic E-state index is 12.4. The highest BCUT2D eigenvalue weighted by Gasteiger charge is 2.14. The van der Waals surface area contributed by atoms with Crippen LogP contribution in [0, 0.1) is 0 Å². The Morgan fingerprint density at radius 3 is 1.27 bits per heavy atom. The zero-order valence-corrected chi connectivity index (χ0v) is 17.8. The third kappa shape index (κ3) is 6.27. The van der Waals surface area contributed by atoms with Crippen LogP contribution in [-0.4, -0.2) is 35.1 Å². The minimum atomic E-state index is -1.08. The Kier molecular flexibility index (Phi) is 7.20. The maximum Gasteiger partial charge on any atom is 0.343 e. The van der Waals surface area contributed by atoms with Crippen molar-refractivity contribution >= 4 is 23.9 Å². The topological polar surface area (TPSA) is 116 Å². The van der Waals surface area contributed by atoms with Crippen LogP contribution in [0.5, 0.6) is 11.5 Å². The molecule has 1 N–H and O–H groups in total. The standard InChI is InChI=1S/C25H20O8/c1-15(2)31-23(28)19-9-13-21(14-10-19)33-25(30)18-5-3-17(4-6-18)24(29)32-20-11-7-16(8-12-20)22(26)27/h3-15H,1-2H3,(H,26,27). The first-order valence-electron chi connectivity index (χ1n) is 9.92. The summed E-state index contributed by atoms with van der Waals surface area (Å²) in [5.74, 6) is -2.43. The lowest BCUT2D eigenvalue weighted by Gasteiger charge is -2.09. The van der Waals surface area contributed by atoms with E-state index in [1.54, 1.807) is 13.8 Å². The minimum Gasteiger partial charge on any atom is -0.478 e.